The fraction of sp³-hybridized carbons (Fsp3) is 0.520. The summed E-state index contributed by atoms with van der Waals surface area (Å²) in [6, 6.07) is 7.53. The molecule has 2 saturated heterocycles. The predicted molar refractivity (Wildman–Crippen MR) is 142 cm³/mol. The van der Waals surface area contributed by atoms with Crippen LogP contribution in [0.5, 0.6) is 0 Å². The molecule has 0 aliphatic carbocycles. The van der Waals surface area contributed by atoms with E-state index in [-0.39, 0.29) is 28.6 Å². The van der Waals surface area contributed by atoms with Gasteiger partial charge in [0.25, 0.3) is 0 Å². The van der Waals surface area contributed by atoms with Crippen molar-refractivity contribution in [2.75, 3.05) is 55.8 Å². The van der Waals surface area contributed by atoms with E-state index in [1.165, 1.54) is 4.90 Å². The first kappa shape index (κ1) is 26.8. The third-order valence-corrected chi connectivity index (χ3v) is 8.36. The van der Waals surface area contributed by atoms with Crippen LogP contribution >= 0.6 is 0 Å². The van der Waals surface area contributed by atoms with Gasteiger partial charge in [0.2, 0.25) is 0 Å². The van der Waals surface area contributed by atoms with E-state index in [9.17, 15) is 9.59 Å². The van der Waals surface area contributed by atoms with Crippen molar-refractivity contribution in [1.29, 1.82) is 0 Å². The van der Waals surface area contributed by atoms with E-state index in [4.69, 9.17) is 4.74 Å². The van der Waals surface area contributed by atoms with Crippen molar-refractivity contribution in [3.63, 3.8) is 0 Å². The SMILES string of the molecule is C[Si][C@]1(F)CCN(c2cc(NC(=O)O[C@H]3CCCN(C)C3)ccn2)C[C@@H]1N(C)C(=O)Nc1ccccn1. The quantitative estimate of drug-likeness (QED) is 0.556. The van der Waals surface area contributed by atoms with Gasteiger partial charge in [0, 0.05) is 50.8 Å². The molecule has 0 bridgehead atoms. The van der Waals surface area contributed by atoms with Crippen LogP contribution < -0.4 is 15.5 Å². The third kappa shape index (κ3) is 6.75. The van der Waals surface area contributed by atoms with Crippen molar-refractivity contribution in [1.82, 2.24) is 19.8 Å². The normalized spacial score (nSPS) is 24.3. The summed E-state index contributed by atoms with van der Waals surface area (Å²) in [4.78, 5) is 39.5. The smallest absolute Gasteiger partial charge is 0.411 e. The molecule has 2 aromatic rings. The lowest BCUT2D eigenvalue weighted by Crippen LogP contribution is -2.63. The Morgan fingerprint density at radius 2 is 2.03 bits per heavy atom. The van der Waals surface area contributed by atoms with Crippen molar-refractivity contribution >= 4 is 39.0 Å². The Morgan fingerprint density at radius 1 is 1.19 bits per heavy atom. The molecular formula is C25H34FN7O3Si. The minimum absolute atomic E-state index is 0.00705. The lowest BCUT2D eigenvalue weighted by Gasteiger charge is -2.46. The van der Waals surface area contributed by atoms with E-state index in [0.717, 1.165) is 19.4 Å². The number of ether oxygens (including phenoxy) is 1. The number of hydrogen-bond acceptors (Lipinski definition) is 7. The first-order chi connectivity index (χ1) is 17.8. The summed E-state index contributed by atoms with van der Waals surface area (Å²) >= 11 is 0. The molecule has 2 aliphatic rings. The van der Waals surface area contributed by atoms with Crippen molar-refractivity contribution in [2.45, 2.75) is 43.2 Å². The molecule has 0 aromatic carbocycles. The van der Waals surface area contributed by atoms with Crippen LogP contribution in [-0.2, 0) is 4.74 Å². The van der Waals surface area contributed by atoms with E-state index < -0.39 is 23.5 Å². The molecule has 0 saturated carbocycles. The minimum Gasteiger partial charge on any atom is -0.445 e. The van der Waals surface area contributed by atoms with Crippen molar-refractivity contribution in [3.8, 4) is 0 Å². The highest BCUT2D eigenvalue weighted by molar-refractivity contribution is 6.38. The van der Waals surface area contributed by atoms with Gasteiger partial charge < -0.3 is 19.4 Å². The monoisotopic (exact) mass is 527 g/mol. The molecule has 2 radical (unpaired) electrons. The number of amides is 3. The van der Waals surface area contributed by atoms with Crippen LogP contribution in [0.1, 0.15) is 19.3 Å². The number of nitrogens with one attached hydrogen (secondary N) is 2. The maximum atomic E-state index is 16.0. The number of carbonyl (C=O) groups excluding carboxylic acids is 2. The van der Waals surface area contributed by atoms with Gasteiger partial charge in [-0.05, 0) is 51.1 Å². The van der Waals surface area contributed by atoms with E-state index in [1.54, 1.807) is 49.8 Å². The Labute approximate surface area is 219 Å². The van der Waals surface area contributed by atoms with E-state index >= 15 is 4.39 Å². The number of likely N-dealkylation sites (tertiary alicyclic amines) is 1. The molecule has 10 nitrogen and oxygen atoms in total. The molecule has 4 heterocycles. The summed E-state index contributed by atoms with van der Waals surface area (Å²) in [6.07, 6.45) is 4.64. The van der Waals surface area contributed by atoms with Gasteiger partial charge in [-0.3, -0.25) is 10.6 Å². The highest BCUT2D eigenvalue weighted by atomic mass is 28.2. The molecule has 198 valence electrons. The number of pyridine rings is 2. The second-order valence-corrected chi connectivity index (χ2v) is 10.9. The average Bonchev–Trinajstić information content (AvgIpc) is 2.89. The van der Waals surface area contributed by atoms with Crippen LogP contribution in [0.15, 0.2) is 42.7 Å². The maximum Gasteiger partial charge on any atom is 0.411 e. The first-order valence-electron chi connectivity index (χ1n) is 12.5. The second-order valence-electron chi connectivity index (χ2n) is 9.54. The topological polar surface area (TPSA) is 103 Å². The van der Waals surface area contributed by atoms with E-state index in [0.29, 0.717) is 30.4 Å². The Kier molecular flexibility index (Phi) is 8.59. The molecule has 0 spiro atoms. The Balaban J connectivity index is 1.42. The Hall–Kier alpha value is -3.25. The lowest BCUT2D eigenvalue weighted by molar-refractivity contribution is 0.0593. The molecule has 2 aliphatic heterocycles. The summed E-state index contributed by atoms with van der Waals surface area (Å²) in [7, 11) is 3.62. The molecule has 3 atom stereocenters. The molecule has 3 amide bonds. The summed E-state index contributed by atoms with van der Waals surface area (Å²) in [5.41, 5.74) is 0.548. The molecule has 12 heteroatoms. The van der Waals surface area contributed by atoms with Crippen molar-refractivity contribution in [2.24, 2.45) is 0 Å². The van der Waals surface area contributed by atoms with Gasteiger partial charge in [-0.15, -0.1) is 0 Å². The Bertz CT molecular complexity index is 1080. The fourth-order valence-corrected chi connectivity index (χ4v) is 5.78. The zero-order valence-corrected chi connectivity index (χ0v) is 22.5. The lowest BCUT2D eigenvalue weighted by atomic mass is 10.0. The summed E-state index contributed by atoms with van der Waals surface area (Å²) in [6.45, 7) is 4.25. The Morgan fingerprint density at radius 3 is 2.76 bits per heavy atom. The van der Waals surface area contributed by atoms with Crippen LogP contribution in [0.3, 0.4) is 0 Å². The van der Waals surface area contributed by atoms with Crippen LogP contribution in [0.4, 0.5) is 31.3 Å². The summed E-state index contributed by atoms with van der Waals surface area (Å²) < 4.78 is 21.5. The molecule has 4 rings (SSSR count). The average molecular weight is 528 g/mol. The first-order valence-corrected chi connectivity index (χ1v) is 14.0. The molecule has 2 N–H and O–H groups in total. The number of aromatic nitrogens is 2. The summed E-state index contributed by atoms with van der Waals surface area (Å²) in [5.74, 6) is 1.00. The van der Waals surface area contributed by atoms with Gasteiger partial charge >= 0.3 is 12.1 Å². The number of alkyl halides is 1. The van der Waals surface area contributed by atoms with Gasteiger partial charge in [-0.2, -0.15) is 0 Å². The van der Waals surface area contributed by atoms with Crippen molar-refractivity contribution in [3.05, 3.63) is 42.7 Å². The number of carbonyl (C=O) groups is 2. The molecule has 2 fully saturated rings. The standard InChI is InChI=1S/C25H34FN7O3Si/c1-31-13-6-7-19(16-31)36-24(35)29-18-9-12-28-22(15-18)33-14-10-25(26,37-3)20(17-33)32(2)23(34)30-21-8-4-5-11-27-21/h4-5,8-9,11-12,15,19-20H,6-7,10,13-14,16-17H2,1-3H3,(H,27,30,34)(H,28,29,35)/t19-,20-,25+/m0/s1. The second kappa shape index (κ2) is 11.9. The fourth-order valence-electron chi connectivity index (χ4n) is 4.80. The maximum absolute atomic E-state index is 16.0. The minimum atomic E-state index is -1.51. The van der Waals surface area contributed by atoms with Gasteiger partial charge in [0.15, 0.2) is 0 Å². The third-order valence-electron chi connectivity index (χ3n) is 6.94. The number of piperidine rings is 2. The number of urea groups is 1. The molecule has 2 aromatic heterocycles. The zero-order valence-electron chi connectivity index (χ0n) is 21.5. The van der Waals surface area contributed by atoms with Gasteiger partial charge in [-0.25, -0.2) is 23.9 Å². The number of halogens is 1. The van der Waals surface area contributed by atoms with Crippen molar-refractivity contribution < 1.29 is 18.7 Å². The number of anilines is 3. The highest BCUT2D eigenvalue weighted by Gasteiger charge is 2.46. The number of hydrogen-bond donors (Lipinski definition) is 2. The van der Waals surface area contributed by atoms with Crippen LogP contribution in [0.2, 0.25) is 6.55 Å². The van der Waals surface area contributed by atoms with Crippen LogP contribution in [0.25, 0.3) is 0 Å². The van der Waals surface area contributed by atoms with E-state index in [2.05, 4.69) is 25.5 Å². The van der Waals surface area contributed by atoms with Crippen LogP contribution in [-0.4, -0.2) is 99.1 Å². The van der Waals surface area contributed by atoms with Crippen LogP contribution in [0, 0.1) is 0 Å². The van der Waals surface area contributed by atoms with Gasteiger partial charge in [0.1, 0.15) is 23.0 Å². The van der Waals surface area contributed by atoms with E-state index in [1.807, 2.05) is 18.5 Å². The number of rotatable bonds is 6. The van der Waals surface area contributed by atoms with Gasteiger partial charge in [-0.1, -0.05) is 12.6 Å². The molecule has 37 heavy (non-hydrogen) atoms. The molecular weight excluding hydrogens is 493 g/mol. The predicted octanol–water partition coefficient (Wildman–Crippen LogP) is 3.28. The highest BCUT2D eigenvalue weighted by Crippen LogP contribution is 2.32. The number of likely N-dealkylation sites (N-methyl/N-ethyl adjacent to an activating group) is 2. The largest absolute Gasteiger partial charge is 0.445 e. The van der Waals surface area contributed by atoms with Gasteiger partial charge in [0.05, 0.1) is 15.6 Å². The zero-order chi connectivity index (χ0) is 26.4. The number of nitrogens with zero attached hydrogens (tertiary/aromatic N) is 5. The summed E-state index contributed by atoms with van der Waals surface area (Å²) in [5, 5.41) is 4.01. The molecule has 0 unspecified atom stereocenters.